The maximum atomic E-state index is 5.68. The van der Waals surface area contributed by atoms with Gasteiger partial charge < -0.3 is 9.47 Å². The van der Waals surface area contributed by atoms with Crippen molar-refractivity contribution in [2.45, 2.75) is 12.5 Å². The third-order valence-electron chi connectivity index (χ3n) is 2.00. The molecule has 70 valence electrons. The molecule has 0 aliphatic carbocycles. The lowest BCUT2D eigenvalue weighted by molar-refractivity contribution is 0.141. The predicted octanol–water partition coefficient (Wildman–Crippen LogP) is 2.62. The van der Waals surface area contributed by atoms with Crippen LogP contribution < -0.4 is 4.74 Å². The van der Waals surface area contributed by atoms with Crippen LogP contribution in [0.2, 0.25) is 0 Å². The number of hydrogen-bond donors (Lipinski definition) is 0. The molecule has 0 bridgehead atoms. The molecule has 1 aromatic rings. The van der Waals surface area contributed by atoms with E-state index in [1.807, 2.05) is 24.3 Å². The Morgan fingerprint density at radius 3 is 2.69 bits per heavy atom. The molecule has 0 radical (unpaired) electrons. The summed E-state index contributed by atoms with van der Waals surface area (Å²) in [6, 6.07) is 7.88. The normalized spacial score (nSPS) is 21.8. The van der Waals surface area contributed by atoms with Gasteiger partial charge in [-0.2, -0.15) is 0 Å². The summed E-state index contributed by atoms with van der Waals surface area (Å²) in [5, 5.41) is 0. The Balaban J connectivity index is 1.97. The second kappa shape index (κ2) is 4.11. The molecule has 1 atom stereocenters. The van der Waals surface area contributed by atoms with Crippen LogP contribution in [0.15, 0.2) is 28.7 Å². The van der Waals surface area contributed by atoms with Crippen LogP contribution in [0, 0.1) is 0 Å². The second-order valence-corrected chi connectivity index (χ2v) is 3.97. The average Bonchev–Trinajstić information content (AvgIpc) is 2.62. The molecule has 1 aromatic carbocycles. The molecule has 2 nitrogen and oxygen atoms in total. The van der Waals surface area contributed by atoms with Crippen LogP contribution >= 0.6 is 15.9 Å². The van der Waals surface area contributed by atoms with E-state index in [4.69, 9.17) is 9.47 Å². The van der Waals surface area contributed by atoms with E-state index in [-0.39, 0.29) is 6.10 Å². The lowest BCUT2D eigenvalue weighted by atomic mass is 10.3. The zero-order chi connectivity index (χ0) is 9.10. The van der Waals surface area contributed by atoms with Crippen LogP contribution in [0.4, 0.5) is 0 Å². The molecule has 1 fully saturated rings. The van der Waals surface area contributed by atoms with Gasteiger partial charge in [-0.05, 0) is 24.3 Å². The van der Waals surface area contributed by atoms with Crippen molar-refractivity contribution in [2.75, 3.05) is 13.2 Å². The molecule has 0 amide bonds. The van der Waals surface area contributed by atoms with E-state index in [0.717, 1.165) is 29.9 Å². The first-order valence-corrected chi connectivity index (χ1v) is 5.14. The fourth-order valence-electron chi connectivity index (χ4n) is 1.31. The van der Waals surface area contributed by atoms with Crippen molar-refractivity contribution < 1.29 is 9.47 Å². The topological polar surface area (TPSA) is 18.5 Å². The number of ether oxygens (including phenoxy) is 2. The van der Waals surface area contributed by atoms with Crippen molar-refractivity contribution in [1.82, 2.24) is 0 Å². The minimum absolute atomic E-state index is 0.237. The predicted molar refractivity (Wildman–Crippen MR) is 54.0 cm³/mol. The number of rotatable bonds is 2. The van der Waals surface area contributed by atoms with Gasteiger partial charge in [0.15, 0.2) is 0 Å². The summed E-state index contributed by atoms with van der Waals surface area (Å²) in [7, 11) is 0. The summed E-state index contributed by atoms with van der Waals surface area (Å²) in [6.45, 7) is 1.54. The Bertz CT molecular complexity index is 265. The van der Waals surface area contributed by atoms with Crippen LogP contribution in [-0.2, 0) is 4.74 Å². The third kappa shape index (κ3) is 2.45. The number of hydrogen-bond acceptors (Lipinski definition) is 2. The third-order valence-corrected chi connectivity index (χ3v) is 2.53. The summed E-state index contributed by atoms with van der Waals surface area (Å²) in [5.74, 6) is 0.915. The SMILES string of the molecule is Brc1ccc(O[C@H]2CCOC2)cc1. The van der Waals surface area contributed by atoms with E-state index >= 15 is 0 Å². The minimum atomic E-state index is 0.237. The standard InChI is InChI=1S/C10H11BrO2/c11-8-1-3-9(4-2-8)13-10-5-6-12-7-10/h1-4,10H,5-7H2/t10-/m0/s1. The second-order valence-electron chi connectivity index (χ2n) is 3.06. The largest absolute Gasteiger partial charge is 0.488 e. The van der Waals surface area contributed by atoms with E-state index < -0.39 is 0 Å². The molecule has 0 unspecified atom stereocenters. The molecule has 1 saturated heterocycles. The van der Waals surface area contributed by atoms with Crippen LogP contribution in [0.25, 0.3) is 0 Å². The van der Waals surface area contributed by atoms with E-state index in [1.165, 1.54) is 0 Å². The number of benzene rings is 1. The highest BCUT2D eigenvalue weighted by molar-refractivity contribution is 9.10. The smallest absolute Gasteiger partial charge is 0.124 e. The molecule has 1 aliphatic heterocycles. The quantitative estimate of drug-likeness (QED) is 0.794. The molecular formula is C10H11BrO2. The lowest BCUT2D eigenvalue weighted by Crippen LogP contribution is -2.15. The van der Waals surface area contributed by atoms with Crippen molar-refractivity contribution in [3.63, 3.8) is 0 Å². The Morgan fingerprint density at radius 2 is 2.08 bits per heavy atom. The lowest BCUT2D eigenvalue weighted by Gasteiger charge is -2.11. The van der Waals surface area contributed by atoms with E-state index in [1.54, 1.807) is 0 Å². The minimum Gasteiger partial charge on any atom is -0.488 e. The van der Waals surface area contributed by atoms with E-state index in [9.17, 15) is 0 Å². The first-order valence-electron chi connectivity index (χ1n) is 4.34. The van der Waals surface area contributed by atoms with Crippen LogP contribution in [0.3, 0.4) is 0 Å². The summed E-state index contributed by atoms with van der Waals surface area (Å²) in [5.41, 5.74) is 0. The van der Waals surface area contributed by atoms with Crippen LogP contribution in [-0.4, -0.2) is 19.3 Å². The molecular weight excluding hydrogens is 232 g/mol. The highest BCUT2D eigenvalue weighted by atomic mass is 79.9. The van der Waals surface area contributed by atoms with Gasteiger partial charge in [0.05, 0.1) is 13.2 Å². The molecule has 0 N–H and O–H groups in total. The fraction of sp³-hybridized carbons (Fsp3) is 0.400. The Hall–Kier alpha value is -0.540. The molecule has 0 aromatic heterocycles. The van der Waals surface area contributed by atoms with Crippen molar-refractivity contribution in [3.05, 3.63) is 28.7 Å². The van der Waals surface area contributed by atoms with E-state index in [0.29, 0.717) is 0 Å². The Morgan fingerprint density at radius 1 is 1.31 bits per heavy atom. The Kier molecular flexibility index (Phi) is 2.86. The first-order chi connectivity index (χ1) is 6.34. The van der Waals surface area contributed by atoms with Crippen molar-refractivity contribution in [2.24, 2.45) is 0 Å². The van der Waals surface area contributed by atoms with Gasteiger partial charge in [-0.3, -0.25) is 0 Å². The molecule has 0 saturated carbocycles. The van der Waals surface area contributed by atoms with Gasteiger partial charge in [0.1, 0.15) is 11.9 Å². The fourth-order valence-corrected chi connectivity index (χ4v) is 1.58. The maximum Gasteiger partial charge on any atom is 0.124 e. The van der Waals surface area contributed by atoms with Gasteiger partial charge in [-0.25, -0.2) is 0 Å². The first kappa shape index (κ1) is 9.03. The molecule has 3 heteroatoms. The summed E-state index contributed by atoms with van der Waals surface area (Å²) < 4.78 is 12.0. The summed E-state index contributed by atoms with van der Waals surface area (Å²) in [4.78, 5) is 0. The van der Waals surface area contributed by atoms with Gasteiger partial charge in [0.25, 0.3) is 0 Å². The zero-order valence-electron chi connectivity index (χ0n) is 7.20. The van der Waals surface area contributed by atoms with Gasteiger partial charge in [0, 0.05) is 10.9 Å². The summed E-state index contributed by atoms with van der Waals surface area (Å²) in [6.07, 6.45) is 1.23. The molecule has 13 heavy (non-hydrogen) atoms. The van der Waals surface area contributed by atoms with Crippen molar-refractivity contribution in [1.29, 1.82) is 0 Å². The molecule has 0 spiro atoms. The van der Waals surface area contributed by atoms with Crippen LogP contribution in [0.1, 0.15) is 6.42 Å². The van der Waals surface area contributed by atoms with E-state index in [2.05, 4.69) is 15.9 Å². The summed E-state index contributed by atoms with van der Waals surface area (Å²) >= 11 is 3.38. The maximum absolute atomic E-state index is 5.68. The highest BCUT2D eigenvalue weighted by Gasteiger charge is 2.16. The highest BCUT2D eigenvalue weighted by Crippen LogP contribution is 2.19. The average molecular weight is 243 g/mol. The van der Waals surface area contributed by atoms with Crippen molar-refractivity contribution >= 4 is 15.9 Å². The zero-order valence-corrected chi connectivity index (χ0v) is 8.79. The van der Waals surface area contributed by atoms with Crippen LogP contribution in [0.5, 0.6) is 5.75 Å². The Labute approximate surface area is 86.0 Å². The number of halogens is 1. The van der Waals surface area contributed by atoms with Crippen molar-refractivity contribution in [3.8, 4) is 5.75 Å². The molecule has 1 heterocycles. The van der Waals surface area contributed by atoms with Gasteiger partial charge in [-0.1, -0.05) is 15.9 Å². The van der Waals surface area contributed by atoms with Gasteiger partial charge >= 0.3 is 0 Å². The van der Waals surface area contributed by atoms with Gasteiger partial charge in [0.2, 0.25) is 0 Å². The molecule has 2 rings (SSSR count). The molecule has 1 aliphatic rings. The van der Waals surface area contributed by atoms with Gasteiger partial charge in [-0.15, -0.1) is 0 Å². The monoisotopic (exact) mass is 242 g/mol.